The fraction of sp³-hybridized carbons (Fsp3) is 0.200. The van der Waals surface area contributed by atoms with E-state index in [0.29, 0.717) is 29.6 Å². The van der Waals surface area contributed by atoms with Gasteiger partial charge in [0, 0.05) is 16.6 Å². The van der Waals surface area contributed by atoms with Crippen molar-refractivity contribution in [2.45, 2.75) is 19.9 Å². The summed E-state index contributed by atoms with van der Waals surface area (Å²) in [6, 6.07) is 13.0. The summed E-state index contributed by atoms with van der Waals surface area (Å²) in [5.41, 5.74) is 0.405. The summed E-state index contributed by atoms with van der Waals surface area (Å²) in [5.74, 6) is -1.73. The Morgan fingerprint density at radius 1 is 1.06 bits per heavy atom. The van der Waals surface area contributed by atoms with Gasteiger partial charge in [-0.25, -0.2) is 4.39 Å². The Morgan fingerprint density at radius 3 is 2.52 bits per heavy atom. The number of rotatable bonds is 7. The van der Waals surface area contributed by atoms with Crippen LogP contribution in [0.2, 0.25) is 0 Å². The number of carbonyl (C=O) groups is 2. The average Bonchev–Trinajstić information content (AvgIpc) is 3.41. The van der Waals surface area contributed by atoms with Crippen LogP contribution >= 0.6 is 11.3 Å². The van der Waals surface area contributed by atoms with Gasteiger partial charge in [0.25, 0.3) is 11.7 Å². The van der Waals surface area contributed by atoms with Gasteiger partial charge in [0.1, 0.15) is 29.1 Å². The molecule has 0 bridgehead atoms. The van der Waals surface area contributed by atoms with E-state index in [1.165, 1.54) is 34.4 Å². The van der Waals surface area contributed by atoms with Crippen LogP contribution in [0.3, 0.4) is 0 Å². The first kappa shape index (κ1) is 22.5. The molecule has 1 N–H and O–H groups in total. The zero-order chi connectivity index (χ0) is 23.5. The Balaban J connectivity index is 1.91. The third-order valence-electron chi connectivity index (χ3n) is 5.16. The lowest BCUT2D eigenvalue weighted by atomic mass is 9.99. The topological polar surface area (TPSA) is 76.1 Å². The molecular formula is C25H22FNO5S. The number of amides is 1. The van der Waals surface area contributed by atoms with E-state index in [-0.39, 0.29) is 22.6 Å². The molecule has 8 heteroatoms. The van der Waals surface area contributed by atoms with Crippen molar-refractivity contribution in [3.63, 3.8) is 0 Å². The van der Waals surface area contributed by atoms with E-state index in [9.17, 15) is 19.1 Å². The van der Waals surface area contributed by atoms with E-state index < -0.39 is 23.5 Å². The summed E-state index contributed by atoms with van der Waals surface area (Å²) in [6.45, 7) is 4.42. The van der Waals surface area contributed by atoms with Gasteiger partial charge in [-0.15, -0.1) is 11.3 Å². The third-order valence-corrected chi connectivity index (χ3v) is 6.09. The maximum atomic E-state index is 14.0. The van der Waals surface area contributed by atoms with Crippen molar-refractivity contribution in [3.05, 3.63) is 81.8 Å². The summed E-state index contributed by atoms with van der Waals surface area (Å²) in [5, 5.41) is 13.1. The van der Waals surface area contributed by atoms with Crippen LogP contribution in [0.5, 0.6) is 11.5 Å². The Bertz CT molecular complexity index is 1220. The molecule has 1 aliphatic heterocycles. The standard InChI is InChI=1S/C25H22FNO5S/c1-3-31-17-10-11-18(19(14-17)32-4-2)23(28)21-22(20-9-6-12-33-20)27(25(30)24(21)29)16-8-5-7-15(26)13-16/h5-14,22,28H,3-4H2,1-2H3/b23-21-. The number of hydrogen-bond donors (Lipinski definition) is 1. The number of Topliss-reactive ketones (excluding diaryl/α,β-unsaturated/α-hetero) is 1. The van der Waals surface area contributed by atoms with E-state index in [1.54, 1.807) is 43.3 Å². The van der Waals surface area contributed by atoms with E-state index >= 15 is 0 Å². The molecule has 1 atom stereocenters. The molecule has 1 unspecified atom stereocenters. The van der Waals surface area contributed by atoms with Gasteiger partial charge in [-0.3, -0.25) is 14.5 Å². The smallest absolute Gasteiger partial charge is 0.300 e. The van der Waals surface area contributed by atoms with Crippen LogP contribution in [0.15, 0.2) is 65.6 Å². The molecule has 2 heterocycles. The Labute approximate surface area is 194 Å². The highest BCUT2D eigenvalue weighted by Crippen LogP contribution is 2.45. The van der Waals surface area contributed by atoms with E-state index in [4.69, 9.17) is 9.47 Å². The van der Waals surface area contributed by atoms with Gasteiger partial charge in [-0.05, 0) is 55.6 Å². The summed E-state index contributed by atoms with van der Waals surface area (Å²) >= 11 is 1.33. The number of thiophene rings is 1. The first-order valence-corrected chi connectivity index (χ1v) is 11.3. The zero-order valence-corrected chi connectivity index (χ0v) is 18.9. The molecule has 1 saturated heterocycles. The zero-order valence-electron chi connectivity index (χ0n) is 18.1. The van der Waals surface area contributed by atoms with Crippen molar-refractivity contribution in [3.8, 4) is 11.5 Å². The first-order chi connectivity index (χ1) is 16.0. The van der Waals surface area contributed by atoms with Gasteiger partial charge in [0.05, 0.1) is 24.4 Å². The van der Waals surface area contributed by atoms with Crippen LogP contribution in [-0.4, -0.2) is 30.0 Å². The SMILES string of the molecule is CCOc1ccc(/C(O)=C2/C(=O)C(=O)N(c3cccc(F)c3)C2c2cccs2)c(OCC)c1. The number of carbonyl (C=O) groups excluding carboxylic acids is 2. The first-order valence-electron chi connectivity index (χ1n) is 10.5. The second-order valence-electron chi connectivity index (χ2n) is 7.19. The normalized spacial score (nSPS) is 17.4. The van der Waals surface area contributed by atoms with Crippen LogP contribution < -0.4 is 14.4 Å². The Morgan fingerprint density at radius 2 is 1.85 bits per heavy atom. The van der Waals surface area contributed by atoms with Crippen LogP contribution in [0, 0.1) is 5.82 Å². The fourth-order valence-electron chi connectivity index (χ4n) is 3.82. The molecule has 1 amide bonds. The number of aliphatic hydroxyl groups is 1. The number of hydrogen-bond acceptors (Lipinski definition) is 6. The number of benzene rings is 2. The monoisotopic (exact) mass is 467 g/mol. The van der Waals surface area contributed by atoms with Crippen molar-refractivity contribution >= 4 is 34.5 Å². The minimum atomic E-state index is -0.909. The molecule has 33 heavy (non-hydrogen) atoms. The number of anilines is 1. The van der Waals surface area contributed by atoms with Crippen LogP contribution in [-0.2, 0) is 9.59 Å². The Hall–Kier alpha value is -3.65. The maximum Gasteiger partial charge on any atom is 0.300 e. The molecule has 6 nitrogen and oxygen atoms in total. The maximum absolute atomic E-state index is 14.0. The molecule has 1 fully saturated rings. The highest BCUT2D eigenvalue weighted by atomic mass is 32.1. The van der Waals surface area contributed by atoms with Gasteiger partial charge in [0.2, 0.25) is 0 Å². The number of aliphatic hydroxyl groups excluding tert-OH is 1. The van der Waals surface area contributed by atoms with Gasteiger partial charge in [-0.2, -0.15) is 0 Å². The molecule has 0 saturated carbocycles. The molecule has 3 aromatic rings. The number of ketones is 1. The minimum absolute atomic E-state index is 0.0863. The van der Waals surface area contributed by atoms with Crippen molar-refractivity contribution in [2.24, 2.45) is 0 Å². The molecule has 2 aromatic carbocycles. The number of nitrogens with zero attached hydrogens (tertiary/aromatic N) is 1. The molecule has 0 aliphatic carbocycles. The molecule has 1 aliphatic rings. The number of ether oxygens (including phenoxy) is 2. The fourth-order valence-corrected chi connectivity index (χ4v) is 4.64. The summed E-state index contributed by atoms with van der Waals surface area (Å²) in [4.78, 5) is 28.1. The quantitative estimate of drug-likeness (QED) is 0.290. The second-order valence-corrected chi connectivity index (χ2v) is 8.17. The number of halogens is 1. The van der Waals surface area contributed by atoms with Gasteiger partial charge in [0.15, 0.2) is 0 Å². The van der Waals surface area contributed by atoms with Crippen molar-refractivity contribution < 1.29 is 28.6 Å². The lowest BCUT2D eigenvalue weighted by Gasteiger charge is -2.24. The molecule has 0 spiro atoms. The summed E-state index contributed by atoms with van der Waals surface area (Å²) < 4.78 is 25.2. The highest BCUT2D eigenvalue weighted by molar-refractivity contribution is 7.10. The Kier molecular flexibility index (Phi) is 6.46. The summed E-state index contributed by atoms with van der Waals surface area (Å²) in [6.07, 6.45) is 0. The predicted octanol–water partition coefficient (Wildman–Crippen LogP) is 5.31. The molecule has 1 aromatic heterocycles. The molecule has 0 radical (unpaired) electrons. The van der Waals surface area contributed by atoms with Crippen LogP contribution in [0.25, 0.3) is 5.76 Å². The van der Waals surface area contributed by atoms with Gasteiger partial charge in [-0.1, -0.05) is 12.1 Å². The third kappa shape index (κ3) is 4.21. The second kappa shape index (κ2) is 9.46. The van der Waals surface area contributed by atoms with Crippen LogP contribution in [0.4, 0.5) is 10.1 Å². The van der Waals surface area contributed by atoms with Crippen molar-refractivity contribution in [1.82, 2.24) is 0 Å². The largest absolute Gasteiger partial charge is 0.507 e. The summed E-state index contributed by atoms with van der Waals surface area (Å²) in [7, 11) is 0. The van der Waals surface area contributed by atoms with E-state index in [1.807, 2.05) is 12.3 Å². The van der Waals surface area contributed by atoms with Crippen molar-refractivity contribution in [2.75, 3.05) is 18.1 Å². The lowest BCUT2D eigenvalue weighted by molar-refractivity contribution is -0.132. The average molecular weight is 468 g/mol. The van der Waals surface area contributed by atoms with E-state index in [0.717, 1.165) is 0 Å². The van der Waals surface area contributed by atoms with Gasteiger partial charge < -0.3 is 14.6 Å². The molecule has 170 valence electrons. The predicted molar refractivity (Wildman–Crippen MR) is 124 cm³/mol. The minimum Gasteiger partial charge on any atom is -0.507 e. The molecular weight excluding hydrogens is 445 g/mol. The lowest BCUT2D eigenvalue weighted by Crippen LogP contribution is -2.29. The van der Waals surface area contributed by atoms with Gasteiger partial charge >= 0.3 is 0 Å². The highest BCUT2D eigenvalue weighted by Gasteiger charge is 2.47. The van der Waals surface area contributed by atoms with E-state index in [2.05, 4.69) is 0 Å². The van der Waals surface area contributed by atoms with Crippen LogP contribution in [0.1, 0.15) is 30.3 Å². The molecule has 4 rings (SSSR count). The van der Waals surface area contributed by atoms with Crippen molar-refractivity contribution in [1.29, 1.82) is 0 Å².